The summed E-state index contributed by atoms with van der Waals surface area (Å²) in [6.07, 6.45) is 2.26. The van der Waals surface area contributed by atoms with Crippen LogP contribution in [0, 0.1) is 22.5 Å². The molecule has 6 heteroatoms. The van der Waals surface area contributed by atoms with E-state index in [1.165, 1.54) is 6.07 Å². The van der Waals surface area contributed by atoms with E-state index in [1.54, 1.807) is 19.1 Å². The van der Waals surface area contributed by atoms with E-state index in [-0.39, 0.29) is 23.1 Å². The third kappa shape index (κ3) is 3.44. The van der Waals surface area contributed by atoms with Crippen molar-refractivity contribution in [3.05, 3.63) is 39.4 Å². The Hall–Kier alpha value is -1.95. The van der Waals surface area contributed by atoms with E-state index in [9.17, 15) is 14.9 Å². The molecular formula is C16H23N3O3. The highest BCUT2D eigenvalue weighted by molar-refractivity contribution is 5.96. The number of hydrogen-bond acceptors (Lipinski definition) is 4. The molecule has 1 saturated heterocycles. The van der Waals surface area contributed by atoms with Crippen molar-refractivity contribution in [2.24, 2.45) is 5.41 Å². The summed E-state index contributed by atoms with van der Waals surface area (Å²) in [7, 11) is 0. The van der Waals surface area contributed by atoms with Crippen molar-refractivity contribution in [3.63, 3.8) is 0 Å². The molecule has 2 rings (SSSR count). The molecular weight excluding hydrogens is 282 g/mol. The number of carbonyl (C=O) groups is 1. The molecule has 0 radical (unpaired) electrons. The Morgan fingerprint density at radius 3 is 2.86 bits per heavy atom. The van der Waals surface area contributed by atoms with Crippen LogP contribution in [0.2, 0.25) is 0 Å². The minimum absolute atomic E-state index is 0.0243. The molecule has 22 heavy (non-hydrogen) atoms. The number of nitro groups is 1. The number of piperidine rings is 1. The van der Waals surface area contributed by atoms with Crippen molar-refractivity contribution in [2.45, 2.75) is 39.7 Å². The number of hydrogen-bond donors (Lipinski definition) is 2. The van der Waals surface area contributed by atoms with Crippen LogP contribution in [-0.4, -0.2) is 30.0 Å². The van der Waals surface area contributed by atoms with E-state index in [1.807, 2.05) is 0 Å². The molecule has 120 valence electrons. The average Bonchev–Trinajstić information content (AvgIpc) is 2.45. The van der Waals surface area contributed by atoms with Crippen LogP contribution in [-0.2, 0) is 0 Å². The minimum Gasteiger partial charge on any atom is -0.350 e. The first-order valence-corrected chi connectivity index (χ1v) is 7.58. The van der Waals surface area contributed by atoms with Gasteiger partial charge in [0.1, 0.15) is 0 Å². The van der Waals surface area contributed by atoms with Gasteiger partial charge in [0.15, 0.2) is 0 Å². The number of benzene rings is 1. The van der Waals surface area contributed by atoms with E-state index in [0.29, 0.717) is 17.7 Å². The van der Waals surface area contributed by atoms with Crippen LogP contribution in [0.25, 0.3) is 0 Å². The molecule has 0 bridgehead atoms. The molecule has 1 aromatic rings. The van der Waals surface area contributed by atoms with Crippen LogP contribution >= 0.6 is 0 Å². The van der Waals surface area contributed by atoms with Crippen LogP contribution in [0.3, 0.4) is 0 Å². The molecule has 1 fully saturated rings. The minimum atomic E-state index is -0.460. The smallest absolute Gasteiger partial charge is 0.273 e. The van der Waals surface area contributed by atoms with Crippen molar-refractivity contribution < 1.29 is 9.72 Å². The predicted molar refractivity (Wildman–Crippen MR) is 85.0 cm³/mol. The summed E-state index contributed by atoms with van der Waals surface area (Å²) in [6.45, 7) is 7.47. The van der Waals surface area contributed by atoms with Crippen LogP contribution in [0.4, 0.5) is 5.69 Å². The van der Waals surface area contributed by atoms with Gasteiger partial charge in [-0.25, -0.2) is 0 Å². The third-order valence-electron chi connectivity index (χ3n) is 4.55. The number of nitrogens with zero attached hydrogens (tertiary/aromatic N) is 1. The summed E-state index contributed by atoms with van der Waals surface area (Å²) in [4.78, 5) is 22.8. The lowest BCUT2D eigenvalue weighted by Crippen LogP contribution is -2.52. The van der Waals surface area contributed by atoms with E-state index in [4.69, 9.17) is 0 Å². The van der Waals surface area contributed by atoms with Crippen molar-refractivity contribution in [1.82, 2.24) is 10.6 Å². The van der Waals surface area contributed by atoms with Crippen LogP contribution in [0.5, 0.6) is 0 Å². The first-order valence-electron chi connectivity index (χ1n) is 7.58. The van der Waals surface area contributed by atoms with Crippen molar-refractivity contribution >= 4 is 11.6 Å². The Bertz CT molecular complexity index is 584. The van der Waals surface area contributed by atoms with Crippen LogP contribution < -0.4 is 10.6 Å². The highest BCUT2D eigenvalue weighted by atomic mass is 16.6. The lowest BCUT2D eigenvalue weighted by Gasteiger charge is -2.39. The standard InChI is InChI=1S/C16H23N3O3/c1-11-12(6-4-7-13(11)19(21)22)15(20)18-10-14-16(2,3)8-5-9-17-14/h4,6-7,14,17H,5,8-10H2,1-3H3,(H,18,20). The monoisotopic (exact) mass is 305 g/mol. The quantitative estimate of drug-likeness (QED) is 0.661. The summed E-state index contributed by atoms with van der Waals surface area (Å²) in [5, 5.41) is 17.3. The van der Waals surface area contributed by atoms with Gasteiger partial charge in [-0.3, -0.25) is 14.9 Å². The van der Waals surface area contributed by atoms with Gasteiger partial charge in [0.05, 0.1) is 4.92 Å². The molecule has 0 saturated carbocycles. The molecule has 1 aromatic carbocycles. The zero-order chi connectivity index (χ0) is 16.3. The maximum atomic E-state index is 12.3. The molecule has 1 unspecified atom stereocenters. The highest BCUT2D eigenvalue weighted by Gasteiger charge is 2.32. The summed E-state index contributed by atoms with van der Waals surface area (Å²) in [5.74, 6) is -0.260. The number of nitrogens with one attached hydrogen (secondary N) is 2. The van der Waals surface area contributed by atoms with Crippen LogP contribution in [0.1, 0.15) is 42.6 Å². The first kappa shape index (κ1) is 16.4. The average molecular weight is 305 g/mol. The van der Waals surface area contributed by atoms with E-state index in [2.05, 4.69) is 24.5 Å². The zero-order valence-corrected chi connectivity index (χ0v) is 13.3. The Kier molecular flexibility index (Phi) is 4.81. The second kappa shape index (κ2) is 6.44. The van der Waals surface area contributed by atoms with E-state index in [0.717, 1.165) is 19.4 Å². The maximum absolute atomic E-state index is 12.3. The van der Waals surface area contributed by atoms with Crippen molar-refractivity contribution in [1.29, 1.82) is 0 Å². The van der Waals surface area contributed by atoms with E-state index >= 15 is 0 Å². The third-order valence-corrected chi connectivity index (χ3v) is 4.55. The Morgan fingerprint density at radius 1 is 1.50 bits per heavy atom. The largest absolute Gasteiger partial charge is 0.350 e. The zero-order valence-electron chi connectivity index (χ0n) is 13.3. The molecule has 1 aliphatic heterocycles. The lowest BCUT2D eigenvalue weighted by molar-refractivity contribution is -0.385. The molecule has 1 amide bonds. The topological polar surface area (TPSA) is 84.3 Å². The molecule has 1 heterocycles. The fraction of sp³-hybridized carbons (Fsp3) is 0.562. The van der Waals surface area contributed by atoms with Crippen LogP contribution in [0.15, 0.2) is 18.2 Å². The Morgan fingerprint density at radius 2 is 2.23 bits per heavy atom. The second-order valence-electron chi connectivity index (χ2n) is 6.52. The highest BCUT2D eigenvalue weighted by Crippen LogP contribution is 2.29. The number of carbonyl (C=O) groups excluding carboxylic acids is 1. The van der Waals surface area contributed by atoms with Gasteiger partial charge in [0.25, 0.3) is 11.6 Å². The SMILES string of the molecule is Cc1c(C(=O)NCC2NCCCC2(C)C)cccc1[N+](=O)[O-]. The van der Waals surface area contributed by atoms with Gasteiger partial charge < -0.3 is 10.6 Å². The lowest BCUT2D eigenvalue weighted by atomic mass is 9.77. The molecule has 6 nitrogen and oxygen atoms in total. The fourth-order valence-corrected chi connectivity index (χ4v) is 2.98. The van der Waals surface area contributed by atoms with Gasteiger partial charge in [-0.1, -0.05) is 19.9 Å². The molecule has 0 aliphatic carbocycles. The maximum Gasteiger partial charge on any atom is 0.273 e. The summed E-state index contributed by atoms with van der Waals surface area (Å²) in [6, 6.07) is 4.79. The molecule has 0 aromatic heterocycles. The summed E-state index contributed by atoms with van der Waals surface area (Å²) >= 11 is 0. The Balaban J connectivity index is 2.07. The van der Waals surface area contributed by atoms with Gasteiger partial charge >= 0.3 is 0 Å². The van der Waals surface area contributed by atoms with E-state index < -0.39 is 4.92 Å². The molecule has 1 atom stereocenters. The first-order chi connectivity index (χ1) is 10.3. The van der Waals surface area contributed by atoms with Gasteiger partial charge in [-0.15, -0.1) is 0 Å². The molecule has 0 spiro atoms. The predicted octanol–water partition coefficient (Wildman–Crippen LogP) is 2.41. The normalized spacial score (nSPS) is 20.4. The summed E-state index contributed by atoms with van der Waals surface area (Å²) < 4.78 is 0. The van der Waals surface area contributed by atoms with Gasteiger partial charge in [0, 0.05) is 29.8 Å². The van der Waals surface area contributed by atoms with Gasteiger partial charge in [-0.2, -0.15) is 0 Å². The second-order valence-corrected chi connectivity index (χ2v) is 6.52. The molecule has 2 N–H and O–H groups in total. The van der Waals surface area contributed by atoms with Gasteiger partial charge in [-0.05, 0) is 37.8 Å². The van der Waals surface area contributed by atoms with Crippen molar-refractivity contribution in [2.75, 3.05) is 13.1 Å². The molecule has 1 aliphatic rings. The number of amides is 1. The number of rotatable bonds is 4. The van der Waals surface area contributed by atoms with Gasteiger partial charge in [0.2, 0.25) is 0 Å². The number of nitro benzene ring substituents is 1. The Labute approximate surface area is 130 Å². The summed E-state index contributed by atoms with van der Waals surface area (Å²) in [5.41, 5.74) is 0.871. The fourth-order valence-electron chi connectivity index (χ4n) is 2.98. The van der Waals surface area contributed by atoms with Crippen molar-refractivity contribution in [3.8, 4) is 0 Å².